The Kier molecular flexibility index (Phi) is 12.7. The van der Waals surface area contributed by atoms with Crippen molar-refractivity contribution in [3.8, 4) is 0 Å². The summed E-state index contributed by atoms with van der Waals surface area (Å²) >= 11 is 0. The largest absolute Gasteiger partial charge is 0.383 e. The van der Waals surface area contributed by atoms with E-state index in [-0.39, 0.29) is 24.0 Å². The van der Waals surface area contributed by atoms with Crippen molar-refractivity contribution in [1.29, 1.82) is 0 Å². The fourth-order valence-corrected chi connectivity index (χ4v) is 2.66. The van der Waals surface area contributed by atoms with Gasteiger partial charge in [-0.25, -0.2) is 0 Å². The highest BCUT2D eigenvalue weighted by molar-refractivity contribution is 14.0. The second-order valence-electron chi connectivity index (χ2n) is 5.43. The van der Waals surface area contributed by atoms with Crippen molar-refractivity contribution in [2.75, 3.05) is 33.4 Å². The van der Waals surface area contributed by atoms with Crippen LogP contribution < -0.4 is 10.6 Å². The summed E-state index contributed by atoms with van der Waals surface area (Å²) in [5.41, 5.74) is 0. The smallest absolute Gasteiger partial charge is 0.191 e. The second kappa shape index (κ2) is 12.7. The van der Waals surface area contributed by atoms with Crippen LogP contribution in [0.2, 0.25) is 0 Å². The van der Waals surface area contributed by atoms with Gasteiger partial charge in [-0.3, -0.25) is 4.99 Å². The van der Waals surface area contributed by atoms with Crippen LogP contribution in [0.15, 0.2) is 4.99 Å². The molecule has 0 atom stereocenters. The molecule has 1 aliphatic rings. The summed E-state index contributed by atoms with van der Waals surface area (Å²) in [5, 5.41) is 6.58. The quantitative estimate of drug-likeness (QED) is 0.301. The second-order valence-corrected chi connectivity index (χ2v) is 5.43. The Balaban J connectivity index is 0.00000361. The van der Waals surface area contributed by atoms with E-state index >= 15 is 0 Å². The molecule has 1 aliphatic carbocycles. The first-order valence-corrected chi connectivity index (χ1v) is 7.81. The van der Waals surface area contributed by atoms with Gasteiger partial charge in [0.1, 0.15) is 0 Å². The number of guanidine groups is 1. The Bertz CT molecular complexity index is 254. The summed E-state index contributed by atoms with van der Waals surface area (Å²) in [7, 11) is 1.72. The minimum Gasteiger partial charge on any atom is -0.383 e. The molecule has 20 heavy (non-hydrogen) atoms. The van der Waals surface area contributed by atoms with E-state index in [1.54, 1.807) is 7.11 Å². The molecule has 120 valence electrons. The number of methoxy groups -OCH3 is 1. The minimum atomic E-state index is 0. The molecule has 0 aromatic carbocycles. The molecule has 1 fully saturated rings. The first kappa shape index (κ1) is 20.0. The topological polar surface area (TPSA) is 45.7 Å². The third-order valence-corrected chi connectivity index (χ3v) is 3.99. The summed E-state index contributed by atoms with van der Waals surface area (Å²) < 4.78 is 5.04. The molecule has 0 spiro atoms. The number of ether oxygens (including phenoxy) is 1. The first-order valence-electron chi connectivity index (χ1n) is 7.81. The molecule has 2 N–H and O–H groups in total. The number of aliphatic imine (C=N–C) groups is 1. The van der Waals surface area contributed by atoms with Gasteiger partial charge >= 0.3 is 0 Å². The Hall–Kier alpha value is -0.0400. The fraction of sp³-hybridized carbons (Fsp3) is 0.933. The molecule has 0 amide bonds. The zero-order valence-corrected chi connectivity index (χ0v) is 15.6. The van der Waals surface area contributed by atoms with E-state index in [0.717, 1.165) is 37.4 Å². The van der Waals surface area contributed by atoms with Gasteiger partial charge in [-0.1, -0.05) is 26.2 Å². The monoisotopic (exact) mass is 397 g/mol. The van der Waals surface area contributed by atoms with Crippen molar-refractivity contribution in [2.45, 2.75) is 46.0 Å². The van der Waals surface area contributed by atoms with Gasteiger partial charge in [0.15, 0.2) is 5.96 Å². The van der Waals surface area contributed by atoms with Crippen molar-refractivity contribution in [3.63, 3.8) is 0 Å². The van der Waals surface area contributed by atoms with E-state index in [1.165, 1.54) is 32.1 Å². The highest BCUT2D eigenvalue weighted by Crippen LogP contribution is 2.30. The predicted octanol–water partition coefficient (Wildman–Crippen LogP) is 3.02. The Labute approximate surface area is 141 Å². The summed E-state index contributed by atoms with van der Waals surface area (Å²) in [6.45, 7) is 7.79. The summed E-state index contributed by atoms with van der Waals surface area (Å²) in [6.07, 6.45) is 6.82. The number of rotatable bonds is 7. The highest BCUT2D eigenvalue weighted by Gasteiger charge is 2.19. The zero-order valence-electron chi connectivity index (χ0n) is 13.3. The minimum absolute atomic E-state index is 0. The SMILES string of the molecule is CCNC(=NCC1CCC(CC)CC1)NCCOC.I. The molecule has 0 aromatic heterocycles. The number of nitrogens with zero attached hydrogens (tertiary/aromatic N) is 1. The lowest BCUT2D eigenvalue weighted by Gasteiger charge is -2.26. The molecule has 0 heterocycles. The Morgan fingerprint density at radius 1 is 1.10 bits per heavy atom. The molecule has 0 bridgehead atoms. The Morgan fingerprint density at radius 3 is 2.30 bits per heavy atom. The van der Waals surface area contributed by atoms with Crippen LogP contribution in [-0.2, 0) is 4.74 Å². The normalized spacial score (nSPS) is 23.1. The molecular formula is C15H32IN3O. The third kappa shape index (κ3) is 8.29. The van der Waals surface area contributed by atoms with Gasteiger partial charge in [-0.2, -0.15) is 0 Å². The van der Waals surface area contributed by atoms with E-state index in [1.807, 2.05) is 0 Å². The van der Waals surface area contributed by atoms with Gasteiger partial charge < -0.3 is 15.4 Å². The van der Waals surface area contributed by atoms with Crippen LogP contribution in [0.5, 0.6) is 0 Å². The summed E-state index contributed by atoms with van der Waals surface area (Å²) in [6, 6.07) is 0. The van der Waals surface area contributed by atoms with E-state index < -0.39 is 0 Å². The molecule has 0 radical (unpaired) electrons. The average Bonchev–Trinajstić information content (AvgIpc) is 2.45. The molecule has 0 aliphatic heterocycles. The van der Waals surface area contributed by atoms with Crippen LogP contribution >= 0.6 is 24.0 Å². The van der Waals surface area contributed by atoms with Crippen molar-refractivity contribution >= 4 is 29.9 Å². The van der Waals surface area contributed by atoms with Gasteiger partial charge in [0.25, 0.3) is 0 Å². The zero-order chi connectivity index (χ0) is 13.9. The number of halogens is 1. The van der Waals surface area contributed by atoms with Crippen LogP contribution in [0.25, 0.3) is 0 Å². The third-order valence-electron chi connectivity index (χ3n) is 3.99. The van der Waals surface area contributed by atoms with Crippen LogP contribution in [0.4, 0.5) is 0 Å². The lowest BCUT2D eigenvalue weighted by atomic mass is 9.81. The lowest BCUT2D eigenvalue weighted by Crippen LogP contribution is -2.39. The van der Waals surface area contributed by atoms with Gasteiger partial charge in [-0.15, -0.1) is 24.0 Å². The van der Waals surface area contributed by atoms with E-state index in [2.05, 4.69) is 24.5 Å². The molecule has 5 heteroatoms. The molecule has 0 unspecified atom stereocenters. The van der Waals surface area contributed by atoms with E-state index in [0.29, 0.717) is 6.61 Å². The highest BCUT2D eigenvalue weighted by atomic mass is 127. The molecule has 1 rings (SSSR count). The Morgan fingerprint density at radius 2 is 1.75 bits per heavy atom. The van der Waals surface area contributed by atoms with Crippen LogP contribution in [-0.4, -0.2) is 39.3 Å². The number of nitrogens with one attached hydrogen (secondary N) is 2. The van der Waals surface area contributed by atoms with Crippen molar-refractivity contribution in [2.24, 2.45) is 16.8 Å². The molecule has 1 saturated carbocycles. The van der Waals surface area contributed by atoms with Crippen LogP contribution in [0, 0.1) is 11.8 Å². The molecular weight excluding hydrogens is 365 g/mol. The van der Waals surface area contributed by atoms with Crippen molar-refractivity contribution < 1.29 is 4.74 Å². The summed E-state index contributed by atoms with van der Waals surface area (Å²) in [5.74, 6) is 2.67. The maximum atomic E-state index is 5.04. The van der Waals surface area contributed by atoms with Gasteiger partial charge in [-0.05, 0) is 31.6 Å². The van der Waals surface area contributed by atoms with Crippen LogP contribution in [0.1, 0.15) is 46.0 Å². The number of hydrogen-bond donors (Lipinski definition) is 2. The number of hydrogen-bond acceptors (Lipinski definition) is 2. The predicted molar refractivity (Wildman–Crippen MR) is 97.0 cm³/mol. The molecule has 4 nitrogen and oxygen atoms in total. The van der Waals surface area contributed by atoms with Crippen molar-refractivity contribution in [3.05, 3.63) is 0 Å². The van der Waals surface area contributed by atoms with Gasteiger partial charge in [0.2, 0.25) is 0 Å². The lowest BCUT2D eigenvalue weighted by molar-refractivity contribution is 0.203. The van der Waals surface area contributed by atoms with Crippen molar-refractivity contribution in [1.82, 2.24) is 10.6 Å². The average molecular weight is 397 g/mol. The molecule has 0 saturated heterocycles. The van der Waals surface area contributed by atoms with E-state index in [4.69, 9.17) is 9.73 Å². The first-order chi connectivity index (χ1) is 9.30. The standard InChI is InChI=1S/C15H31N3O.HI/c1-4-13-6-8-14(9-7-13)12-18-15(16-5-2)17-10-11-19-3;/h13-14H,4-12H2,1-3H3,(H2,16,17,18);1H. The molecule has 0 aromatic rings. The van der Waals surface area contributed by atoms with Gasteiger partial charge in [0.05, 0.1) is 6.61 Å². The maximum Gasteiger partial charge on any atom is 0.191 e. The van der Waals surface area contributed by atoms with Crippen LogP contribution in [0.3, 0.4) is 0 Å². The van der Waals surface area contributed by atoms with Gasteiger partial charge in [0, 0.05) is 26.7 Å². The van der Waals surface area contributed by atoms with E-state index in [9.17, 15) is 0 Å². The summed E-state index contributed by atoms with van der Waals surface area (Å²) in [4.78, 5) is 4.70. The fourth-order valence-electron chi connectivity index (χ4n) is 2.66. The maximum absolute atomic E-state index is 5.04.